The van der Waals surface area contributed by atoms with Crippen molar-refractivity contribution in [2.24, 2.45) is 5.92 Å². The Balaban J connectivity index is 1.49. The van der Waals surface area contributed by atoms with E-state index >= 15 is 0 Å². The van der Waals surface area contributed by atoms with Gasteiger partial charge in [0.05, 0.1) is 21.8 Å². The first-order chi connectivity index (χ1) is 19.9. The van der Waals surface area contributed by atoms with Crippen molar-refractivity contribution in [1.29, 1.82) is 0 Å². The smallest absolute Gasteiger partial charge is 0.410 e. The Kier molecular flexibility index (Phi) is 8.43. The maximum atomic E-state index is 13.7. The summed E-state index contributed by atoms with van der Waals surface area (Å²) in [5.41, 5.74) is 7.83. The molecule has 0 aliphatic carbocycles. The molecule has 4 aromatic rings. The Labute approximate surface area is 252 Å². The molecule has 1 aliphatic rings. The number of benzene rings is 2. The van der Waals surface area contributed by atoms with Crippen LogP contribution in [0, 0.1) is 17.6 Å². The van der Waals surface area contributed by atoms with Gasteiger partial charge in [-0.25, -0.2) is 23.5 Å². The summed E-state index contributed by atoms with van der Waals surface area (Å²) in [6.07, 6.45) is 2.90. The molecule has 1 aliphatic heterocycles. The van der Waals surface area contributed by atoms with Gasteiger partial charge in [0.25, 0.3) is 0 Å². The maximum Gasteiger partial charge on any atom is 0.410 e. The number of aromatic nitrogens is 4. The molecule has 0 saturated carbocycles. The number of nitrogens with two attached hydrogens (primary N) is 1. The zero-order valence-corrected chi connectivity index (χ0v) is 24.9. The molecule has 9 nitrogen and oxygen atoms in total. The number of amides is 1. The van der Waals surface area contributed by atoms with E-state index in [2.05, 4.69) is 10.3 Å². The van der Waals surface area contributed by atoms with Crippen LogP contribution in [0.25, 0.3) is 22.6 Å². The summed E-state index contributed by atoms with van der Waals surface area (Å²) in [5.74, 6) is -1.03. The van der Waals surface area contributed by atoms with Crippen molar-refractivity contribution < 1.29 is 18.3 Å². The first kappa shape index (κ1) is 29.8. The minimum atomic E-state index is -0.932. The molecule has 0 unspecified atom stereocenters. The molecule has 5 rings (SSSR count). The highest BCUT2D eigenvalue weighted by Gasteiger charge is 2.30. The molecule has 2 aromatic heterocycles. The third kappa shape index (κ3) is 6.68. The molecule has 42 heavy (non-hydrogen) atoms. The lowest BCUT2D eigenvalue weighted by Crippen LogP contribution is -2.43. The summed E-state index contributed by atoms with van der Waals surface area (Å²) >= 11 is 13.2. The van der Waals surface area contributed by atoms with Gasteiger partial charge in [0.15, 0.2) is 17.3 Å². The Bertz CT molecular complexity index is 1620. The van der Waals surface area contributed by atoms with Crippen molar-refractivity contribution in [1.82, 2.24) is 24.4 Å². The third-order valence-corrected chi connectivity index (χ3v) is 7.42. The van der Waals surface area contributed by atoms with E-state index in [4.69, 9.17) is 43.6 Å². The zero-order valence-electron chi connectivity index (χ0n) is 23.4. The van der Waals surface area contributed by atoms with Crippen molar-refractivity contribution in [2.45, 2.75) is 52.3 Å². The molecule has 1 saturated heterocycles. The van der Waals surface area contributed by atoms with E-state index in [-0.39, 0.29) is 24.5 Å². The number of likely N-dealkylation sites (tertiary alicyclic amines) is 1. The normalized spacial score (nSPS) is 15.7. The summed E-state index contributed by atoms with van der Waals surface area (Å²) in [7, 11) is 0. The Hall–Kier alpha value is -3.70. The first-order valence-electron chi connectivity index (χ1n) is 13.5. The number of carbonyl (C=O) groups is 1. The maximum absolute atomic E-state index is 13.7. The average Bonchev–Trinajstić information content (AvgIpc) is 3.25. The third-order valence-electron chi connectivity index (χ3n) is 6.82. The van der Waals surface area contributed by atoms with Crippen LogP contribution in [0.2, 0.25) is 10.0 Å². The van der Waals surface area contributed by atoms with Gasteiger partial charge in [0.2, 0.25) is 5.95 Å². The number of carbonyl (C=O) groups excluding carboxylic acids is 1. The first-order valence-corrected chi connectivity index (χ1v) is 14.3. The van der Waals surface area contributed by atoms with Crippen LogP contribution in [0.1, 0.15) is 39.2 Å². The molecule has 1 amide bonds. The van der Waals surface area contributed by atoms with Crippen LogP contribution < -0.4 is 11.1 Å². The van der Waals surface area contributed by atoms with Gasteiger partial charge in [-0.1, -0.05) is 29.3 Å². The van der Waals surface area contributed by atoms with E-state index in [1.54, 1.807) is 23.2 Å². The number of fused-ring (bicyclic) bond motifs is 1. The number of nitrogens with one attached hydrogen (secondary N) is 1. The number of imidazole rings is 1. The van der Waals surface area contributed by atoms with Crippen molar-refractivity contribution in [3.05, 3.63) is 63.8 Å². The standard InChI is InChI=1S/C29H31Cl2F2N7O2/c1-29(2,3)42-28(41)39-8-4-5-17(14-39)15-40-25-23(37-26(40)24-19(30)10-18(34)11-20(24)31)13-36-27(38-25)35-12-16-6-7-21(32)22(33)9-16/h6-7,9-11,13,17H,4-5,8,12,14-15,34H2,1-3H3,(H,35,36,38)/t17-/m1/s1. The molecule has 3 N–H and O–H groups in total. The highest BCUT2D eigenvalue weighted by Crippen LogP contribution is 2.38. The number of hydrogen-bond acceptors (Lipinski definition) is 7. The van der Waals surface area contributed by atoms with Crippen LogP contribution in [0.5, 0.6) is 0 Å². The topological polar surface area (TPSA) is 111 Å². The number of piperidine rings is 1. The Morgan fingerprint density at radius 3 is 2.57 bits per heavy atom. The molecule has 1 atom stereocenters. The number of nitrogens with zero attached hydrogens (tertiary/aromatic N) is 5. The van der Waals surface area contributed by atoms with E-state index in [0.29, 0.717) is 63.5 Å². The van der Waals surface area contributed by atoms with Gasteiger partial charge in [0.1, 0.15) is 16.9 Å². The molecule has 1 fully saturated rings. The van der Waals surface area contributed by atoms with Crippen LogP contribution in [-0.2, 0) is 17.8 Å². The van der Waals surface area contributed by atoms with Gasteiger partial charge < -0.3 is 25.3 Å². The number of halogens is 4. The minimum absolute atomic E-state index is 0.0577. The monoisotopic (exact) mass is 617 g/mol. The number of rotatable bonds is 6. The van der Waals surface area contributed by atoms with Crippen LogP contribution in [0.3, 0.4) is 0 Å². The van der Waals surface area contributed by atoms with E-state index in [9.17, 15) is 13.6 Å². The van der Waals surface area contributed by atoms with Crippen LogP contribution in [0.4, 0.5) is 25.2 Å². The second kappa shape index (κ2) is 11.9. The number of nitrogen functional groups attached to an aromatic ring is 1. The van der Waals surface area contributed by atoms with E-state index < -0.39 is 17.2 Å². The molecular formula is C29H31Cl2F2N7O2. The summed E-state index contributed by atoms with van der Waals surface area (Å²) in [5, 5.41) is 3.73. The largest absolute Gasteiger partial charge is 0.444 e. The fourth-order valence-electron chi connectivity index (χ4n) is 4.97. The van der Waals surface area contributed by atoms with E-state index in [1.807, 2.05) is 25.3 Å². The minimum Gasteiger partial charge on any atom is -0.444 e. The highest BCUT2D eigenvalue weighted by molar-refractivity contribution is 6.39. The van der Waals surface area contributed by atoms with Gasteiger partial charge in [-0.3, -0.25) is 0 Å². The summed E-state index contributed by atoms with van der Waals surface area (Å²) in [6, 6.07) is 6.89. The second-order valence-electron chi connectivity index (χ2n) is 11.3. The molecule has 13 heteroatoms. The van der Waals surface area contributed by atoms with Crippen LogP contribution >= 0.6 is 23.2 Å². The van der Waals surface area contributed by atoms with Crippen molar-refractivity contribution in [3.63, 3.8) is 0 Å². The zero-order chi connectivity index (χ0) is 30.2. The number of ether oxygens (including phenoxy) is 1. The molecular weight excluding hydrogens is 587 g/mol. The van der Waals surface area contributed by atoms with Crippen molar-refractivity contribution >= 4 is 52.1 Å². The summed E-state index contributed by atoms with van der Waals surface area (Å²) in [4.78, 5) is 28.4. The predicted molar refractivity (Wildman–Crippen MR) is 159 cm³/mol. The number of anilines is 2. The summed E-state index contributed by atoms with van der Waals surface area (Å²) in [6.45, 7) is 7.26. The lowest BCUT2D eigenvalue weighted by Gasteiger charge is -2.34. The fourth-order valence-corrected chi connectivity index (χ4v) is 5.64. The SMILES string of the molecule is CC(C)(C)OC(=O)N1CCC[C@@H](Cn2c(-c3c(Cl)cc(N)cc3Cl)nc3cnc(NCc4ccc(F)c(F)c4)nc32)C1. The van der Waals surface area contributed by atoms with Crippen LogP contribution in [-0.4, -0.2) is 49.2 Å². The van der Waals surface area contributed by atoms with Crippen LogP contribution in [0.15, 0.2) is 36.5 Å². The van der Waals surface area contributed by atoms with Gasteiger partial charge in [-0.2, -0.15) is 4.98 Å². The van der Waals surface area contributed by atoms with Gasteiger partial charge in [-0.15, -0.1) is 0 Å². The highest BCUT2D eigenvalue weighted by atomic mass is 35.5. The molecule has 2 aromatic carbocycles. The van der Waals surface area contributed by atoms with E-state index in [0.717, 1.165) is 25.0 Å². The molecule has 3 heterocycles. The molecule has 0 bridgehead atoms. The quantitative estimate of drug-likeness (QED) is 0.226. The lowest BCUT2D eigenvalue weighted by molar-refractivity contribution is 0.0158. The van der Waals surface area contributed by atoms with Gasteiger partial charge in [0, 0.05) is 31.9 Å². The fraction of sp³-hybridized carbons (Fsp3) is 0.379. The van der Waals surface area contributed by atoms with Gasteiger partial charge in [-0.05, 0) is 69.4 Å². The number of hydrogen-bond donors (Lipinski definition) is 2. The van der Waals surface area contributed by atoms with Crippen molar-refractivity contribution in [2.75, 3.05) is 24.1 Å². The second-order valence-corrected chi connectivity index (χ2v) is 12.2. The molecule has 222 valence electrons. The Morgan fingerprint density at radius 2 is 1.88 bits per heavy atom. The predicted octanol–water partition coefficient (Wildman–Crippen LogP) is 6.92. The average molecular weight is 619 g/mol. The van der Waals surface area contributed by atoms with E-state index in [1.165, 1.54) is 6.07 Å². The van der Waals surface area contributed by atoms with Gasteiger partial charge >= 0.3 is 6.09 Å². The Morgan fingerprint density at radius 1 is 1.14 bits per heavy atom. The molecule has 0 spiro atoms. The lowest BCUT2D eigenvalue weighted by atomic mass is 9.98. The van der Waals surface area contributed by atoms with Crippen molar-refractivity contribution in [3.8, 4) is 11.4 Å². The summed E-state index contributed by atoms with van der Waals surface area (Å²) < 4.78 is 34.6. The molecule has 0 radical (unpaired) electrons.